The van der Waals surface area contributed by atoms with Crippen LogP contribution in [0.2, 0.25) is 0 Å². The number of amides is 1. The molecule has 0 radical (unpaired) electrons. The Bertz CT molecular complexity index is 529. The number of rotatable bonds is 6. The Morgan fingerprint density at radius 1 is 1.42 bits per heavy atom. The topological polar surface area (TPSA) is 60.1 Å². The van der Waals surface area contributed by atoms with E-state index >= 15 is 0 Å². The van der Waals surface area contributed by atoms with E-state index in [1.165, 1.54) is 0 Å². The van der Waals surface area contributed by atoms with E-state index in [-0.39, 0.29) is 12.5 Å². The van der Waals surface area contributed by atoms with Crippen molar-refractivity contribution in [1.29, 1.82) is 0 Å². The molecule has 2 aromatic heterocycles. The highest BCUT2D eigenvalue weighted by Crippen LogP contribution is 2.06. The normalized spacial score (nSPS) is 10.6. The summed E-state index contributed by atoms with van der Waals surface area (Å²) in [4.78, 5) is 11.9. The van der Waals surface area contributed by atoms with Crippen LogP contribution in [0.25, 0.3) is 0 Å². The highest BCUT2D eigenvalue weighted by Gasteiger charge is 2.09. The zero-order chi connectivity index (χ0) is 13.7. The SMILES string of the molecule is CCc1cc(CC)n(CC(=O)NCc2ccco2)n1. The van der Waals surface area contributed by atoms with Gasteiger partial charge in [0.1, 0.15) is 12.3 Å². The van der Waals surface area contributed by atoms with Crippen LogP contribution in [0.3, 0.4) is 0 Å². The second kappa shape index (κ2) is 6.22. The summed E-state index contributed by atoms with van der Waals surface area (Å²) in [5.74, 6) is 0.690. The summed E-state index contributed by atoms with van der Waals surface area (Å²) in [7, 11) is 0. The Balaban J connectivity index is 1.92. The quantitative estimate of drug-likeness (QED) is 0.864. The van der Waals surface area contributed by atoms with E-state index in [9.17, 15) is 4.79 Å². The van der Waals surface area contributed by atoms with Gasteiger partial charge in [0.25, 0.3) is 0 Å². The Morgan fingerprint density at radius 2 is 2.26 bits per heavy atom. The molecule has 2 rings (SSSR count). The van der Waals surface area contributed by atoms with Crippen LogP contribution in [0.5, 0.6) is 0 Å². The van der Waals surface area contributed by atoms with Crippen LogP contribution in [0.4, 0.5) is 0 Å². The summed E-state index contributed by atoms with van der Waals surface area (Å²) in [5.41, 5.74) is 2.11. The molecule has 0 saturated heterocycles. The second-order valence-electron chi connectivity index (χ2n) is 4.35. The molecule has 1 N–H and O–H groups in total. The van der Waals surface area contributed by atoms with Crippen molar-refractivity contribution < 1.29 is 9.21 Å². The van der Waals surface area contributed by atoms with Gasteiger partial charge >= 0.3 is 0 Å². The molecule has 0 bridgehead atoms. The molecule has 102 valence electrons. The number of carbonyl (C=O) groups is 1. The van der Waals surface area contributed by atoms with Crippen molar-refractivity contribution in [2.24, 2.45) is 0 Å². The van der Waals surface area contributed by atoms with E-state index in [2.05, 4.69) is 30.3 Å². The molecule has 0 spiro atoms. The molecule has 0 saturated carbocycles. The van der Waals surface area contributed by atoms with Crippen molar-refractivity contribution in [1.82, 2.24) is 15.1 Å². The summed E-state index contributed by atoms with van der Waals surface area (Å²) in [5, 5.41) is 7.24. The number of carbonyl (C=O) groups excluding carboxylic acids is 1. The summed E-state index contributed by atoms with van der Waals surface area (Å²) >= 11 is 0. The third-order valence-corrected chi connectivity index (χ3v) is 2.97. The van der Waals surface area contributed by atoms with E-state index < -0.39 is 0 Å². The summed E-state index contributed by atoms with van der Waals surface area (Å²) in [6.07, 6.45) is 3.35. The van der Waals surface area contributed by atoms with Crippen molar-refractivity contribution in [3.8, 4) is 0 Å². The first-order valence-corrected chi connectivity index (χ1v) is 6.57. The molecule has 0 aliphatic carbocycles. The van der Waals surface area contributed by atoms with Gasteiger partial charge in [0.2, 0.25) is 5.91 Å². The lowest BCUT2D eigenvalue weighted by molar-refractivity contribution is -0.122. The number of aryl methyl sites for hydroxylation is 2. The Kier molecular flexibility index (Phi) is 4.39. The van der Waals surface area contributed by atoms with Crippen molar-refractivity contribution >= 4 is 5.91 Å². The van der Waals surface area contributed by atoms with Crippen LogP contribution in [0.1, 0.15) is 31.0 Å². The lowest BCUT2D eigenvalue weighted by atomic mass is 10.2. The van der Waals surface area contributed by atoms with Crippen molar-refractivity contribution in [2.45, 2.75) is 39.8 Å². The first-order chi connectivity index (χ1) is 9.22. The lowest BCUT2D eigenvalue weighted by Gasteiger charge is -2.06. The smallest absolute Gasteiger partial charge is 0.242 e. The van der Waals surface area contributed by atoms with Crippen LogP contribution < -0.4 is 5.32 Å². The van der Waals surface area contributed by atoms with Crippen molar-refractivity contribution in [3.05, 3.63) is 41.6 Å². The van der Waals surface area contributed by atoms with Crippen LogP contribution in [0.15, 0.2) is 28.9 Å². The Morgan fingerprint density at radius 3 is 2.89 bits per heavy atom. The monoisotopic (exact) mass is 261 g/mol. The maximum Gasteiger partial charge on any atom is 0.242 e. The van der Waals surface area contributed by atoms with Gasteiger partial charge in [-0.1, -0.05) is 13.8 Å². The maximum absolute atomic E-state index is 11.9. The van der Waals surface area contributed by atoms with Gasteiger partial charge in [-0.3, -0.25) is 9.48 Å². The average Bonchev–Trinajstić information content (AvgIpc) is 3.05. The molecule has 5 heteroatoms. The van der Waals surface area contributed by atoms with E-state index in [0.717, 1.165) is 30.0 Å². The summed E-state index contributed by atoms with van der Waals surface area (Å²) < 4.78 is 6.94. The first kappa shape index (κ1) is 13.4. The molecular weight excluding hydrogens is 242 g/mol. The minimum absolute atomic E-state index is 0.0585. The molecule has 0 aliphatic rings. The molecule has 2 aromatic rings. The molecule has 19 heavy (non-hydrogen) atoms. The van der Waals surface area contributed by atoms with Crippen molar-refractivity contribution in [2.75, 3.05) is 0 Å². The molecule has 0 unspecified atom stereocenters. The number of nitrogens with one attached hydrogen (secondary N) is 1. The Hall–Kier alpha value is -2.04. The molecular formula is C14H19N3O2. The van der Waals surface area contributed by atoms with Crippen molar-refractivity contribution in [3.63, 3.8) is 0 Å². The third-order valence-electron chi connectivity index (χ3n) is 2.97. The zero-order valence-corrected chi connectivity index (χ0v) is 11.3. The van der Waals surface area contributed by atoms with Gasteiger partial charge in [-0.25, -0.2) is 0 Å². The highest BCUT2D eigenvalue weighted by molar-refractivity contribution is 5.75. The number of aromatic nitrogens is 2. The number of hydrogen-bond acceptors (Lipinski definition) is 3. The van der Waals surface area contributed by atoms with E-state index in [1.54, 1.807) is 17.0 Å². The number of hydrogen-bond donors (Lipinski definition) is 1. The van der Waals surface area contributed by atoms with Gasteiger partial charge in [0, 0.05) is 5.69 Å². The zero-order valence-electron chi connectivity index (χ0n) is 11.3. The van der Waals surface area contributed by atoms with Crippen LogP contribution in [-0.2, 0) is 30.7 Å². The van der Waals surface area contributed by atoms with E-state index in [1.807, 2.05) is 6.07 Å². The molecule has 5 nitrogen and oxygen atoms in total. The largest absolute Gasteiger partial charge is 0.467 e. The predicted molar refractivity (Wildman–Crippen MR) is 71.5 cm³/mol. The minimum atomic E-state index is -0.0585. The van der Waals surface area contributed by atoms with Crippen LogP contribution in [-0.4, -0.2) is 15.7 Å². The number of nitrogens with zero attached hydrogens (tertiary/aromatic N) is 2. The van der Waals surface area contributed by atoms with Gasteiger partial charge in [0.15, 0.2) is 0 Å². The van der Waals surface area contributed by atoms with Gasteiger partial charge in [0.05, 0.1) is 18.5 Å². The minimum Gasteiger partial charge on any atom is -0.467 e. The fraction of sp³-hybridized carbons (Fsp3) is 0.429. The molecule has 0 atom stereocenters. The molecule has 1 amide bonds. The first-order valence-electron chi connectivity index (χ1n) is 6.57. The predicted octanol–water partition coefficient (Wildman–Crippen LogP) is 1.92. The fourth-order valence-electron chi connectivity index (χ4n) is 1.90. The van der Waals surface area contributed by atoms with Gasteiger partial charge < -0.3 is 9.73 Å². The second-order valence-corrected chi connectivity index (χ2v) is 4.35. The summed E-state index contributed by atoms with van der Waals surface area (Å²) in [6, 6.07) is 5.69. The lowest BCUT2D eigenvalue weighted by Crippen LogP contribution is -2.28. The maximum atomic E-state index is 11.9. The van der Waals surface area contributed by atoms with Crippen LogP contribution >= 0.6 is 0 Å². The molecule has 0 aliphatic heterocycles. The molecule has 0 aromatic carbocycles. The Labute approximate surface area is 112 Å². The number of furan rings is 1. The standard InChI is InChI=1S/C14H19N3O2/c1-3-11-8-12(4-2)17(16-11)10-14(18)15-9-13-6-5-7-19-13/h5-8H,3-4,9-10H2,1-2H3,(H,15,18). The highest BCUT2D eigenvalue weighted by atomic mass is 16.3. The molecule has 2 heterocycles. The average molecular weight is 261 g/mol. The van der Waals surface area contributed by atoms with E-state index in [0.29, 0.717) is 6.54 Å². The fourth-order valence-corrected chi connectivity index (χ4v) is 1.90. The van der Waals surface area contributed by atoms with Gasteiger partial charge in [-0.15, -0.1) is 0 Å². The third kappa shape index (κ3) is 3.47. The van der Waals surface area contributed by atoms with Gasteiger partial charge in [-0.2, -0.15) is 5.10 Å². The summed E-state index contributed by atoms with van der Waals surface area (Å²) in [6.45, 7) is 4.79. The van der Waals surface area contributed by atoms with E-state index in [4.69, 9.17) is 4.42 Å². The van der Waals surface area contributed by atoms with Gasteiger partial charge in [-0.05, 0) is 31.0 Å². The molecule has 0 fully saturated rings. The van der Waals surface area contributed by atoms with Crippen LogP contribution in [0, 0.1) is 0 Å².